The number of nitrogens with one attached hydrogen (secondary N) is 3. The number of likely N-dealkylation sites (tertiary alicyclic amines) is 1. The van der Waals surface area contributed by atoms with E-state index in [9.17, 15) is 28.8 Å². The van der Waals surface area contributed by atoms with Gasteiger partial charge in [0.15, 0.2) is 11.5 Å². The lowest BCUT2D eigenvalue weighted by Gasteiger charge is -2.33. The number of imidazole rings is 2. The first-order chi connectivity index (χ1) is 40.7. The fraction of sp³-hybridized carbons (Fsp3) is 0.517. The Morgan fingerprint density at radius 3 is 2.13 bits per heavy atom. The van der Waals surface area contributed by atoms with Crippen molar-refractivity contribution in [2.45, 2.75) is 124 Å². The summed E-state index contributed by atoms with van der Waals surface area (Å²) in [4.78, 5) is 98.1. The summed E-state index contributed by atoms with van der Waals surface area (Å²) in [6.07, 6.45) is 7.77. The molecule has 0 aliphatic carbocycles. The average Bonchev–Trinajstić information content (AvgIpc) is 1.85. The van der Waals surface area contributed by atoms with Gasteiger partial charge in [-0.2, -0.15) is 5.10 Å². The van der Waals surface area contributed by atoms with Crippen LogP contribution in [0.1, 0.15) is 130 Å². The molecule has 85 heavy (non-hydrogen) atoms. The van der Waals surface area contributed by atoms with Gasteiger partial charge < -0.3 is 49.8 Å². The highest BCUT2D eigenvalue weighted by Gasteiger charge is 2.29. The number of aryl methyl sites for hydroxylation is 4. The molecule has 6 amide bonds. The first-order valence-corrected chi connectivity index (χ1v) is 30.6. The topological polar surface area (TPSA) is 300 Å². The number of ether oxygens (including phenoxy) is 4. The first-order valence-electron chi connectivity index (χ1n) is 28.8. The highest BCUT2D eigenvalue weighted by molar-refractivity contribution is 7.99. The minimum atomic E-state index is -0.802. The van der Waals surface area contributed by atoms with Gasteiger partial charge in [-0.05, 0) is 122 Å². The molecule has 7 N–H and O–H groups in total. The molecule has 24 nitrogen and oxygen atoms in total. The molecule has 0 spiro atoms. The van der Waals surface area contributed by atoms with E-state index in [1.54, 1.807) is 39.2 Å². The minimum Gasteiger partial charge on any atom is -0.491 e. The number of piperidine rings is 1. The van der Waals surface area contributed by atoms with Gasteiger partial charge in [0.2, 0.25) is 23.7 Å². The minimum absolute atomic E-state index is 0.0315. The predicted octanol–water partition coefficient (Wildman–Crippen LogP) is 8.07. The van der Waals surface area contributed by atoms with Crippen LogP contribution in [0.2, 0.25) is 0 Å². The van der Waals surface area contributed by atoms with E-state index in [1.807, 2.05) is 46.8 Å². The van der Waals surface area contributed by atoms with Gasteiger partial charge in [-0.15, -0.1) is 23.1 Å². The van der Waals surface area contributed by atoms with E-state index in [-0.39, 0.29) is 73.3 Å². The van der Waals surface area contributed by atoms with Crippen LogP contribution in [0.3, 0.4) is 0 Å². The molecule has 6 heterocycles. The van der Waals surface area contributed by atoms with Crippen LogP contribution in [0.25, 0.3) is 22.1 Å². The van der Waals surface area contributed by atoms with Crippen molar-refractivity contribution >= 4 is 92.9 Å². The number of alkyl carbamates (subject to hydrolysis) is 1. The highest BCUT2D eigenvalue weighted by atomic mass is 32.2. The fourth-order valence-electron chi connectivity index (χ4n) is 10.1. The Hall–Kier alpha value is -7.62. The second-order valence-electron chi connectivity index (χ2n) is 21.8. The van der Waals surface area contributed by atoms with Crippen molar-refractivity contribution in [3.8, 4) is 5.75 Å². The molecule has 2 saturated heterocycles. The lowest BCUT2D eigenvalue weighted by atomic mass is 9.92. The third kappa shape index (κ3) is 16.4. The molecule has 0 atom stereocenters. The number of carbonyl (C=O) groups is 6. The number of nitrogens with zero attached hydrogens (tertiary/aromatic N) is 9. The molecule has 27 heteroatoms. The van der Waals surface area contributed by atoms with Crippen molar-refractivity contribution in [1.82, 2.24) is 49.0 Å². The largest absolute Gasteiger partial charge is 0.491 e. The zero-order valence-corrected chi connectivity index (χ0v) is 51.0. The maximum Gasteiger partial charge on any atom is 0.410 e. The van der Waals surface area contributed by atoms with Crippen LogP contribution < -0.4 is 32.2 Å². The number of morpholine rings is 1. The van der Waals surface area contributed by atoms with E-state index >= 15 is 4.39 Å². The Kier molecular flexibility index (Phi) is 21.6. The van der Waals surface area contributed by atoms with Gasteiger partial charge in [0.25, 0.3) is 11.8 Å². The summed E-state index contributed by atoms with van der Waals surface area (Å²) < 4.78 is 43.3. The van der Waals surface area contributed by atoms with Crippen LogP contribution >= 0.6 is 23.1 Å². The molecule has 0 bridgehead atoms. The number of amides is 6. The molecule has 0 radical (unpaired) electrons. The molecule has 0 unspecified atom stereocenters. The molecule has 4 aromatic heterocycles. The Morgan fingerprint density at radius 2 is 1.48 bits per heavy atom. The number of halogens is 1. The molecular formula is C58H77FN14O10S2. The van der Waals surface area contributed by atoms with Crippen molar-refractivity contribution in [3.63, 3.8) is 0 Å². The maximum atomic E-state index is 15.6. The molecule has 2 aromatic carbocycles. The smallest absolute Gasteiger partial charge is 0.410 e. The van der Waals surface area contributed by atoms with E-state index in [0.717, 1.165) is 43.9 Å². The summed E-state index contributed by atoms with van der Waals surface area (Å²) in [5.74, 6) is -2.00. The normalized spacial score (nSPS) is 14.3. The number of aromatic nitrogens is 7. The lowest BCUT2D eigenvalue weighted by molar-refractivity contribution is 0.0177. The van der Waals surface area contributed by atoms with Crippen molar-refractivity contribution < 1.29 is 52.1 Å². The molecule has 2 fully saturated rings. The molecule has 2 aliphatic heterocycles. The predicted molar refractivity (Wildman–Crippen MR) is 322 cm³/mol. The Morgan fingerprint density at radius 1 is 0.835 bits per heavy atom. The summed E-state index contributed by atoms with van der Waals surface area (Å²) >= 11 is 2.65. The molecule has 8 rings (SSSR count). The van der Waals surface area contributed by atoms with Crippen LogP contribution in [-0.2, 0) is 40.3 Å². The first kappa shape index (κ1) is 63.4. The van der Waals surface area contributed by atoms with Gasteiger partial charge >= 0.3 is 12.2 Å². The van der Waals surface area contributed by atoms with E-state index in [1.165, 1.54) is 40.8 Å². The third-order valence-corrected chi connectivity index (χ3v) is 16.5. The zero-order chi connectivity index (χ0) is 61.0. The number of primary amides is 2. The summed E-state index contributed by atoms with van der Waals surface area (Å²) in [6.45, 7) is 18.7. The number of fused-ring (bicyclic) bond motifs is 2. The van der Waals surface area contributed by atoms with Crippen LogP contribution in [0.15, 0.2) is 41.3 Å². The number of rotatable bonds is 26. The fourth-order valence-corrected chi connectivity index (χ4v) is 12.1. The van der Waals surface area contributed by atoms with Crippen LogP contribution in [-0.4, -0.2) is 157 Å². The third-order valence-electron chi connectivity index (χ3n) is 14.4. The standard InChI is InChI=1S/C58H77FN14O10S2/c1-8-40-49(85-36(4)63-40)53(77)67-55-64-41-31-38(50(60)74)33-43(81-27-14-19-69-24-28-80-29-25-69)46(41)71(55)20-10-11-21-72-47-42(65-54(72)66-52(76)48-45(59)35(3)68-73(48)9-2)32-39(51(61)75)34-44(47)84-30-13-18-62-56(78)82-26-12-15-37-16-22-70(23-17-37)57(79)83-58(5,6)7/h10-11,31-34,37H,8-9,12-30H2,1-7H3,(H2,60,74)(H2,61,75)(H,62,78)(H,64,67,77)(H,65,66,76)/b11-10+. The van der Waals surface area contributed by atoms with E-state index < -0.39 is 41.1 Å². The molecule has 458 valence electrons. The van der Waals surface area contributed by atoms with Crippen molar-refractivity contribution in [3.05, 3.63) is 80.3 Å². The second kappa shape index (κ2) is 29.0. The van der Waals surface area contributed by atoms with E-state index in [2.05, 4.69) is 30.9 Å². The number of nitrogens with two attached hydrogens (primary N) is 2. The number of hydrogen-bond acceptors (Lipinski definition) is 17. The molecular weight excluding hydrogens is 1140 g/mol. The van der Waals surface area contributed by atoms with Crippen LogP contribution in [0.4, 0.5) is 25.9 Å². The molecule has 2 aliphatic rings. The maximum absolute atomic E-state index is 15.6. The number of hydrogen-bond donors (Lipinski definition) is 5. The van der Waals surface area contributed by atoms with Crippen molar-refractivity contribution in [2.75, 3.05) is 82.1 Å². The number of anilines is 2. The van der Waals surface area contributed by atoms with E-state index in [0.29, 0.717) is 114 Å². The average molecular weight is 1210 g/mol. The number of allylic oxidation sites excluding steroid dienone is 2. The number of benzene rings is 2. The Labute approximate surface area is 500 Å². The summed E-state index contributed by atoms with van der Waals surface area (Å²) in [6, 6.07) is 6.29. The quantitative estimate of drug-likeness (QED) is 0.0195. The highest BCUT2D eigenvalue weighted by Crippen LogP contribution is 2.35. The van der Waals surface area contributed by atoms with Gasteiger partial charge in [0.05, 0.1) is 59.4 Å². The van der Waals surface area contributed by atoms with Crippen molar-refractivity contribution in [1.29, 1.82) is 0 Å². The summed E-state index contributed by atoms with van der Waals surface area (Å²) in [5, 5.41) is 13.5. The molecule has 6 aromatic rings. The van der Waals surface area contributed by atoms with Gasteiger partial charge in [-0.25, -0.2) is 28.9 Å². The summed E-state index contributed by atoms with van der Waals surface area (Å²) in [5.41, 5.74) is 13.6. The van der Waals surface area contributed by atoms with Gasteiger partial charge in [0.1, 0.15) is 21.7 Å². The number of thiazole rings is 1. The number of thioether (sulfide) groups is 1. The Bertz CT molecular complexity index is 3430. The molecule has 0 saturated carbocycles. The van der Waals surface area contributed by atoms with E-state index in [4.69, 9.17) is 40.4 Å². The zero-order valence-electron chi connectivity index (χ0n) is 49.3. The van der Waals surface area contributed by atoms with Crippen LogP contribution in [0.5, 0.6) is 5.75 Å². The lowest BCUT2D eigenvalue weighted by Crippen LogP contribution is -2.41. The van der Waals surface area contributed by atoms with Crippen LogP contribution in [0, 0.1) is 25.6 Å². The van der Waals surface area contributed by atoms with Gasteiger partial charge in [0, 0.05) is 74.9 Å². The van der Waals surface area contributed by atoms with Gasteiger partial charge in [-0.3, -0.25) is 39.4 Å². The monoisotopic (exact) mass is 1210 g/mol. The van der Waals surface area contributed by atoms with Crippen molar-refractivity contribution in [2.24, 2.45) is 17.4 Å². The Balaban J connectivity index is 1.02. The second-order valence-corrected chi connectivity index (χ2v) is 24.1. The SMILES string of the molecule is CCc1nc(C)sc1C(=O)Nc1nc2cc(C(N)=O)cc(OCCCN3CCOCC3)c2n1C/C=C/Cn1c(NC(=O)c2c(F)c(C)nn2CC)nc2cc(C(N)=O)cc(SCCCNC(=O)OCCCC3CCN(C(=O)OC(C)(C)C)CC3)c21. The summed E-state index contributed by atoms with van der Waals surface area (Å²) in [7, 11) is 0. The number of carbonyl (C=O) groups excluding carboxylic acids is 6. The van der Waals surface area contributed by atoms with Gasteiger partial charge in [-0.1, -0.05) is 19.1 Å².